The first-order chi connectivity index (χ1) is 8.34. The van der Waals surface area contributed by atoms with E-state index in [0.29, 0.717) is 6.10 Å². The lowest BCUT2D eigenvalue weighted by Gasteiger charge is -2.29. The number of hydrogen-bond donors (Lipinski definition) is 2. The first kappa shape index (κ1) is 13.3. The van der Waals surface area contributed by atoms with Gasteiger partial charge in [0.25, 0.3) is 0 Å². The molecule has 0 aliphatic carbocycles. The maximum atomic E-state index is 5.67. The molecule has 2 aliphatic heterocycles. The Morgan fingerprint density at radius 1 is 1.35 bits per heavy atom. The molecule has 2 rings (SSSR count). The molecule has 2 N–H and O–H groups in total. The predicted octanol–water partition coefficient (Wildman–Crippen LogP) is 0.296. The van der Waals surface area contributed by atoms with E-state index in [4.69, 9.17) is 4.74 Å². The molecule has 0 radical (unpaired) electrons. The molecule has 2 saturated heterocycles. The molecule has 2 fully saturated rings. The fraction of sp³-hybridized carbons (Fsp3) is 1.00. The molecule has 1 atom stereocenters. The lowest BCUT2D eigenvalue weighted by molar-refractivity contribution is 0.0236. The number of nitrogens with one attached hydrogen (secondary N) is 2. The molecule has 0 aromatic rings. The van der Waals surface area contributed by atoms with Crippen LogP contribution < -0.4 is 10.6 Å². The van der Waals surface area contributed by atoms with Gasteiger partial charge in [0.05, 0.1) is 12.7 Å². The second-order valence-electron chi connectivity index (χ2n) is 5.44. The van der Waals surface area contributed by atoms with Gasteiger partial charge in [0.2, 0.25) is 0 Å². The van der Waals surface area contributed by atoms with Crippen LogP contribution in [0.25, 0.3) is 0 Å². The van der Waals surface area contributed by atoms with Crippen LogP contribution in [0.3, 0.4) is 0 Å². The number of hydrogen-bond acceptors (Lipinski definition) is 4. The summed E-state index contributed by atoms with van der Waals surface area (Å²) in [5.41, 5.74) is 0. The van der Waals surface area contributed by atoms with Crippen LogP contribution in [0.4, 0.5) is 0 Å². The van der Waals surface area contributed by atoms with Gasteiger partial charge in [-0.3, -0.25) is 0 Å². The van der Waals surface area contributed by atoms with Crippen molar-refractivity contribution >= 4 is 0 Å². The van der Waals surface area contributed by atoms with Gasteiger partial charge in [-0.2, -0.15) is 0 Å². The summed E-state index contributed by atoms with van der Waals surface area (Å²) in [5.74, 6) is 0.886. The summed E-state index contributed by atoms with van der Waals surface area (Å²) in [6.07, 6.45) is 4.27. The highest BCUT2D eigenvalue weighted by Crippen LogP contribution is 2.14. The topological polar surface area (TPSA) is 36.5 Å². The quantitative estimate of drug-likeness (QED) is 0.679. The standard InChI is InChI=1S/C13H27N3O/c1-16-7-3-12(4-8-16)10-14-5-2-13-11-15-6-9-17-13/h12-15H,2-11H2,1H3. The van der Waals surface area contributed by atoms with Crippen molar-refractivity contribution in [1.29, 1.82) is 0 Å². The lowest BCUT2D eigenvalue weighted by Crippen LogP contribution is -2.40. The molecule has 4 nitrogen and oxygen atoms in total. The molecular formula is C13H27N3O. The Balaban J connectivity index is 1.48. The average Bonchev–Trinajstić information content (AvgIpc) is 2.38. The number of ether oxygens (including phenoxy) is 1. The maximum absolute atomic E-state index is 5.67. The lowest BCUT2D eigenvalue weighted by atomic mass is 9.97. The van der Waals surface area contributed by atoms with Crippen LogP contribution >= 0.6 is 0 Å². The molecule has 0 bridgehead atoms. The van der Waals surface area contributed by atoms with Crippen molar-refractivity contribution in [2.45, 2.75) is 25.4 Å². The third-order valence-corrected chi connectivity index (χ3v) is 3.92. The zero-order valence-corrected chi connectivity index (χ0v) is 11.1. The Morgan fingerprint density at radius 3 is 2.88 bits per heavy atom. The van der Waals surface area contributed by atoms with Crippen molar-refractivity contribution < 1.29 is 4.74 Å². The third kappa shape index (κ3) is 4.92. The normalized spacial score (nSPS) is 28.4. The van der Waals surface area contributed by atoms with Crippen LogP contribution in [0.2, 0.25) is 0 Å². The van der Waals surface area contributed by atoms with Crippen LogP contribution in [0.5, 0.6) is 0 Å². The second kappa shape index (κ2) is 7.31. The van der Waals surface area contributed by atoms with E-state index in [0.717, 1.165) is 38.6 Å². The monoisotopic (exact) mass is 241 g/mol. The van der Waals surface area contributed by atoms with Crippen LogP contribution in [0.1, 0.15) is 19.3 Å². The molecule has 17 heavy (non-hydrogen) atoms. The summed E-state index contributed by atoms with van der Waals surface area (Å²) in [5, 5.41) is 6.96. The minimum absolute atomic E-state index is 0.425. The Hall–Kier alpha value is -0.160. The van der Waals surface area contributed by atoms with Gasteiger partial charge >= 0.3 is 0 Å². The summed E-state index contributed by atoms with van der Waals surface area (Å²) >= 11 is 0. The fourth-order valence-electron chi connectivity index (χ4n) is 2.64. The Labute approximate surface area is 105 Å². The highest BCUT2D eigenvalue weighted by Gasteiger charge is 2.16. The van der Waals surface area contributed by atoms with Crippen molar-refractivity contribution in [3.05, 3.63) is 0 Å². The summed E-state index contributed by atoms with van der Waals surface area (Å²) < 4.78 is 5.67. The van der Waals surface area contributed by atoms with E-state index >= 15 is 0 Å². The highest BCUT2D eigenvalue weighted by atomic mass is 16.5. The molecular weight excluding hydrogens is 214 g/mol. The van der Waals surface area contributed by atoms with Gasteiger partial charge in [0.15, 0.2) is 0 Å². The highest BCUT2D eigenvalue weighted by molar-refractivity contribution is 4.73. The first-order valence-corrected chi connectivity index (χ1v) is 7.06. The molecule has 2 heterocycles. The number of rotatable bonds is 5. The zero-order chi connectivity index (χ0) is 11.9. The molecule has 1 unspecified atom stereocenters. The minimum Gasteiger partial charge on any atom is -0.376 e. The van der Waals surface area contributed by atoms with E-state index in [1.54, 1.807) is 0 Å². The van der Waals surface area contributed by atoms with Gasteiger partial charge in [-0.15, -0.1) is 0 Å². The van der Waals surface area contributed by atoms with Crippen molar-refractivity contribution in [1.82, 2.24) is 15.5 Å². The molecule has 0 amide bonds. The van der Waals surface area contributed by atoms with Gasteiger partial charge in [-0.05, 0) is 58.4 Å². The number of morpholine rings is 1. The van der Waals surface area contributed by atoms with Gasteiger partial charge < -0.3 is 20.3 Å². The summed E-state index contributed by atoms with van der Waals surface area (Å²) in [4.78, 5) is 2.43. The summed E-state index contributed by atoms with van der Waals surface area (Å²) in [6, 6.07) is 0. The van der Waals surface area contributed by atoms with E-state index in [-0.39, 0.29) is 0 Å². The van der Waals surface area contributed by atoms with Gasteiger partial charge in [0, 0.05) is 13.1 Å². The fourth-order valence-corrected chi connectivity index (χ4v) is 2.64. The number of likely N-dealkylation sites (tertiary alicyclic amines) is 1. The molecule has 0 spiro atoms. The van der Waals surface area contributed by atoms with E-state index in [1.165, 1.54) is 32.5 Å². The van der Waals surface area contributed by atoms with Crippen LogP contribution in [-0.4, -0.2) is 63.9 Å². The molecule has 0 aromatic carbocycles. The van der Waals surface area contributed by atoms with Crippen LogP contribution in [-0.2, 0) is 4.74 Å². The zero-order valence-electron chi connectivity index (χ0n) is 11.1. The van der Waals surface area contributed by atoms with Crippen molar-refractivity contribution in [3.8, 4) is 0 Å². The van der Waals surface area contributed by atoms with E-state index in [2.05, 4.69) is 22.6 Å². The molecule has 4 heteroatoms. The molecule has 0 saturated carbocycles. The Morgan fingerprint density at radius 2 is 2.18 bits per heavy atom. The van der Waals surface area contributed by atoms with E-state index < -0.39 is 0 Å². The van der Waals surface area contributed by atoms with E-state index in [1.807, 2.05) is 0 Å². The minimum atomic E-state index is 0.425. The predicted molar refractivity (Wildman–Crippen MR) is 70.3 cm³/mol. The maximum Gasteiger partial charge on any atom is 0.0712 e. The molecule has 2 aliphatic rings. The summed E-state index contributed by atoms with van der Waals surface area (Å²) in [6.45, 7) is 7.73. The molecule has 0 aromatic heterocycles. The number of nitrogens with zero attached hydrogens (tertiary/aromatic N) is 1. The van der Waals surface area contributed by atoms with Gasteiger partial charge in [-0.1, -0.05) is 0 Å². The third-order valence-electron chi connectivity index (χ3n) is 3.92. The van der Waals surface area contributed by atoms with Crippen LogP contribution in [0.15, 0.2) is 0 Å². The van der Waals surface area contributed by atoms with Crippen molar-refractivity contribution in [2.24, 2.45) is 5.92 Å². The average molecular weight is 241 g/mol. The second-order valence-corrected chi connectivity index (χ2v) is 5.44. The number of piperidine rings is 1. The van der Waals surface area contributed by atoms with Gasteiger partial charge in [0.1, 0.15) is 0 Å². The van der Waals surface area contributed by atoms with E-state index in [9.17, 15) is 0 Å². The van der Waals surface area contributed by atoms with Crippen molar-refractivity contribution in [3.63, 3.8) is 0 Å². The molecule has 100 valence electrons. The smallest absolute Gasteiger partial charge is 0.0712 e. The SMILES string of the molecule is CN1CCC(CNCCC2CNCCO2)CC1. The van der Waals surface area contributed by atoms with Gasteiger partial charge in [-0.25, -0.2) is 0 Å². The van der Waals surface area contributed by atoms with Crippen molar-refractivity contribution in [2.75, 3.05) is 52.9 Å². The largest absolute Gasteiger partial charge is 0.376 e. The first-order valence-electron chi connectivity index (χ1n) is 7.06. The Bertz CT molecular complexity index is 199. The summed E-state index contributed by atoms with van der Waals surface area (Å²) in [7, 11) is 2.22. The Kier molecular flexibility index (Phi) is 5.71. The van der Waals surface area contributed by atoms with Crippen LogP contribution in [0, 0.1) is 5.92 Å².